The van der Waals surface area contributed by atoms with Crippen molar-refractivity contribution >= 4 is 23.1 Å². The molecule has 3 N–H and O–H groups in total. The van der Waals surface area contributed by atoms with Gasteiger partial charge in [-0.25, -0.2) is 0 Å². The van der Waals surface area contributed by atoms with Crippen molar-refractivity contribution in [2.24, 2.45) is 11.7 Å². The van der Waals surface area contributed by atoms with Crippen LogP contribution in [0.4, 0.5) is 0 Å². The zero-order valence-electron chi connectivity index (χ0n) is 12.2. The van der Waals surface area contributed by atoms with Crippen LogP contribution in [0, 0.1) is 5.92 Å². The zero-order chi connectivity index (χ0) is 14.5. The molecule has 1 aliphatic carbocycles. The largest absolute Gasteiger partial charge is 0.392 e. The first kappa shape index (κ1) is 16.4. The molecule has 0 heterocycles. The number of hydrogen-bond acceptors (Lipinski definition) is 3. The minimum Gasteiger partial charge on any atom is -0.392 e. The van der Waals surface area contributed by atoms with Crippen molar-refractivity contribution in [3.05, 3.63) is 0 Å². The number of thiocarbonyl (C=S) groups is 1. The predicted molar refractivity (Wildman–Crippen MR) is 81.0 cm³/mol. The molecule has 1 aliphatic rings. The summed E-state index contributed by atoms with van der Waals surface area (Å²) in [7, 11) is 1.56. The average molecular weight is 286 g/mol. The van der Waals surface area contributed by atoms with Crippen molar-refractivity contribution in [3.63, 3.8) is 0 Å². The van der Waals surface area contributed by atoms with Gasteiger partial charge in [0.2, 0.25) is 0 Å². The number of carbonyl (C=O) groups is 1. The van der Waals surface area contributed by atoms with Gasteiger partial charge in [-0.3, -0.25) is 4.79 Å². The van der Waals surface area contributed by atoms with E-state index in [2.05, 4.69) is 5.32 Å². The van der Waals surface area contributed by atoms with Crippen LogP contribution in [-0.4, -0.2) is 29.6 Å². The van der Waals surface area contributed by atoms with E-state index >= 15 is 0 Å². The lowest BCUT2D eigenvalue weighted by atomic mass is 9.83. The summed E-state index contributed by atoms with van der Waals surface area (Å²) in [5, 5.41) is 3.00. The van der Waals surface area contributed by atoms with Crippen molar-refractivity contribution in [2.45, 2.75) is 64.0 Å². The van der Waals surface area contributed by atoms with Gasteiger partial charge in [0, 0.05) is 7.11 Å². The first-order chi connectivity index (χ1) is 8.94. The number of nitrogens with two attached hydrogens (primary N) is 1. The minimum absolute atomic E-state index is 0.124. The van der Waals surface area contributed by atoms with Gasteiger partial charge in [0.25, 0.3) is 5.91 Å². The van der Waals surface area contributed by atoms with Crippen LogP contribution in [0.15, 0.2) is 0 Å². The van der Waals surface area contributed by atoms with Gasteiger partial charge in [0.1, 0.15) is 5.60 Å². The van der Waals surface area contributed by atoms with Crippen molar-refractivity contribution in [1.29, 1.82) is 0 Å². The van der Waals surface area contributed by atoms with Gasteiger partial charge in [-0.15, -0.1) is 0 Å². The van der Waals surface area contributed by atoms with Gasteiger partial charge in [-0.2, -0.15) is 0 Å². The molecule has 0 aromatic rings. The third kappa shape index (κ3) is 4.14. The van der Waals surface area contributed by atoms with Crippen molar-refractivity contribution in [1.82, 2.24) is 5.32 Å². The van der Waals surface area contributed by atoms with Crippen molar-refractivity contribution in [2.75, 3.05) is 7.11 Å². The van der Waals surface area contributed by atoms with E-state index in [0.29, 0.717) is 17.3 Å². The second-order valence-corrected chi connectivity index (χ2v) is 6.01. The molecule has 0 bridgehead atoms. The fourth-order valence-electron chi connectivity index (χ4n) is 2.58. The SMILES string of the molecule is CCC(C)(OC)C(=O)NC(C(N)=S)C1CCCCC1. The van der Waals surface area contributed by atoms with Crippen LogP contribution in [0.5, 0.6) is 0 Å². The van der Waals surface area contributed by atoms with Gasteiger partial charge in [-0.1, -0.05) is 38.4 Å². The summed E-state index contributed by atoms with van der Waals surface area (Å²) < 4.78 is 5.32. The Morgan fingerprint density at radius 3 is 2.47 bits per heavy atom. The highest BCUT2D eigenvalue weighted by Crippen LogP contribution is 2.27. The maximum absolute atomic E-state index is 12.3. The molecule has 0 saturated heterocycles. The lowest BCUT2D eigenvalue weighted by molar-refractivity contribution is -0.142. The minimum atomic E-state index is -0.808. The number of hydrogen-bond donors (Lipinski definition) is 2. The monoisotopic (exact) mass is 286 g/mol. The number of amides is 1. The molecule has 1 rings (SSSR count). The molecule has 0 spiro atoms. The third-order valence-corrected chi connectivity index (χ3v) is 4.57. The molecular formula is C14H26N2O2S. The van der Waals surface area contributed by atoms with Crippen molar-refractivity contribution in [3.8, 4) is 0 Å². The number of rotatable bonds is 6. The summed E-state index contributed by atoms with van der Waals surface area (Å²) in [6.45, 7) is 3.72. The van der Waals surface area contributed by atoms with Crippen molar-refractivity contribution < 1.29 is 9.53 Å². The highest BCUT2D eigenvalue weighted by molar-refractivity contribution is 7.80. The number of methoxy groups -OCH3 is 1. The zero-order valence-corrected chi connectivity index (χ0v) is 13.0. The van der Waals surface area contributed by atoms with E-state index in [1.54, 1.807) is 14.0 Å². The molecule has 19 heavy (non-hydrogen) atoms. The first-order valence-electron chi connectivity index (χ1n) is 7.10. The van der Waals surface area contributed by atoms with E-state index in [1.807, 2.05) is 6.92 Å². The summed E-state index contributed by atoms with van der Waals surface area (Å²) in [4.78, 5) is 12.7. The molecule has 1 saturated carbocycles. The first-order valence-corrected chi connectivity index (χ1v) is 7.51. The highest BCUT2D eigenvalue weighted by atomic mass is 32.1. The molecule has 2 atom stereocenters. The van der Waals surface area contributed by atoms with Crippen LogP contribution >= 0.6 is 12.2 Å². The molecule has 0 aliphatic heterocycles. The topological polar surface area (TPSA) is 64.3 Å². The molecule has 1 amide bonds. The fourth-order valence-corrected chi connectivity index (χ4v) is 2.83. The van der Waals surface area contributed by atoms with E-state index in [9.17, 15) is 4.79 Å². The second kappa shape index (κ2) is 7.20. The summed E-state index contributed by atoms with van der Waals surface area (Å²) in [6.07, 6.45) is 6.42. The Kier molecular flexibility index (Phi) is 6.20. The standard InChI is InChI=1S/C14H26N2O2S/c1-4-14(2,18-3)13(17)16-11(12(15)19)10-8-6-5-7-9-10/h10-11H,4-9H2,1-3H3,(H2,15,19)(H,16,17). The van der Waals surface area contributed by atoms with E-state index in [1.165, 1.54) is 19.3 Å². The molecule has 0 aromatic heterocycles. The lowest BCUT2D eigenvalue weighted by Gasteiger charge is -2.33. The van der Waals surface area contributed by atoms with Crippen LogP contribution in [0.1, 0.15) is 52.4 Å². The number of ether oxygens (including phenoxy) is 1. The Labute approximate surface area is 121 Å². The van der Waals surface area contributed by atoms with Gasteiger partial charge >= 0.3 is 0 Å². The van der Waals surface area contributed by atoms with E-state index < -0.39 is 5.60 Å². The summed E-state index contributed by atoms with van der Waals surface area (Å²) in [6, 6.07) is -0.205. The van der Waals surface area contributed by atoms with E-state index in [0.717, 1.165) is 12.8 Å². The number of nitrogens with one attached hydrogen (secondary N) is 1. The Balaban J connectivity index is 2.73. The summed E-state index contributed by atoms with van der Waals surface area (Å²) in [5.74, 6) is 0.244. The van der Waals surface area contributed by atoms with Crippen LogP contribution in [-0.2, 0) is 9.53 Å². The normalized spacial score (nSPS) is 21.4. The maximum Gasteiger partial charge on any atom is 0.252 e. The molecule has 5 heteroatoms. The molecular weight excluding hydrogens is 260 g/mol. The van der Waals surface area contributed by atoms with Crippen LogP contribution < -0.4 is 11.1 Å². The van der Waals surface area contributed by atoms with Crippen LogP contribution in [0.3, 0.4) is 0 Å². The Morgan fingerprint density at radius 1 is 1.47 bits per heavy atom. The lowest BCUT2D eigenvalue weighted by Crippen LogP contribution is -2.55. The van der Waals surface area contributed by atoms with Gasteiger partial charge in [0.15, 0.2) is 0 Å². The smallest absolute Gasteiger partial charge is 0.252 e. The highest BCUT2D eigenvalue weighted by Gasteiger charge is 2.35. The average Bonchev–Trinajstić information content (AvgIpc) is 2.44. The third-order valence-electron chi connectivity index (χ3n) is 4.32. The fraction of sp³-hybridized carbons (Fsp3) is 0.857. The Morgan fingerprint density at radius 2 is 2.05 bits per heavy atom. The van der Waals surface area contributed by atoms with E-state index in [-0.39, 0.29) is 11.9 Å². The molecule has 1 fully saturated rings. The van der Waals surface area contributed by atoms with Crippen LogP contribution in [0.25, 0.3) is 0 Å². The quantitative estimate of drug-likeness (QED) is 0.734. The van der Waals surface area contributed by atoms with E-state index in [4.69, 9.17) is 22.7 Å². The molecule has 4 nitrogen and oxygen atoms in total. The summed E-state index contributed by atoms with van der Waals surface area (Å²) >= 11 is 5.13. The molecule has 110 valence electrons. The van der Waals surface area contributed by atoms with Gasteiger partial charge in [-0.05, 0) is 32.1 Å². The molecule has 0 radical (unpaired) electrons. The predicted octanol–water partition coefficient (Wildman–Crippen LogP) is 2.15. The second-order valence-electron chi connectivity index (χ2n) is 5.54. The van der Waals surface area contributed by atoms with Crippen LogP contribution in [0.2, 0.25) is 0 Å². The summed E-state index contributed by atoms with van der Waals surface area (Å²) in [5.41, 5.74) is 5.01. The maximum atomic E-state index is 12.3. The Hall–Kier alpha value is -0.680. The number of carbonyl (C=O) groups excluding carboxylic acids is 1. The molecule has 0 aromatic carbocycles. The molecule has 2 unspecified atom stereocenters. The Bertz CT molecular complexity index is 323. The van der Waals surface area contributed by atoms with Gasteiger partial charge in [0.05, 0.1) is 11.0 Å². The van der Waals surface area contributed by atoms with Gasteiger partial charge < -0.3 is 15.8 Å².